The van der Waals surface area contributed by atoms with Gasteiger partial charge in [-0.15, -0.1) is 0 Å². The van der Waals surface area contributed by atoms with Gasteiger partial charge in [0.1, 0.15) is 5.82 Å². The molecule has 1 atom stereocenters. The van der Waals surface area contributed by atoms with Crippen LogP contribution in [-0.2, 0) is 17.9 Å². The van der Waals surface area contributed by atoms with Crippen molar-refractivity contribution in [2.45, 2.75) is 33.0 Å². The minimum Gasteiger partial charge on any atom is -0.380 e. The highest BCUT2D eigenvalue weighted by Crippen LogP contribution is 2.16. The van der Waals surface area contributed by atoms with E-state index in [1.54, 1.807) is 33.2 Å². The van der Waals surface area contributed by atoms with Crippen LogP contribution in [0.15, 0.2) is 47.5 Å². The fourth-order valence-corrected chi connectivity index (χ4v) is 2.54. The number of aliphatic imine (C=N–C) groups is 1. The summed E-state index contributed by atoms with van der Waals surface area (Å²) in [6.45, 7) is 4.98. The molecule has 0 aliphatic rings. The smallest absolute Gasteiger partial charge is 0.191 e. The van der Waals surface area contributed by atoms with Gasteiger partial charge in [-0.1, -0.05) is 36.4 Å². The first-order valence-electron chi connectivity index (χ1n) is 8.33. The van der Waals surface area contributed by atoms with Gasteiger partial charge in [0.25, 0.3) is 0 Å². The van der Waals surface area contributed by atoms with Crippen molar-refractivity contribution in [2.75, 3.05) is 14.2 Å². The Morgan fingerprint density at radius 1 is 1.20 bits per heavy atom. The average molecular weight is 343 g/mol. The topological polar surface area (TPSA) is 45.7 Å². The lowest BCUT2D eigenvalue weighted by Crippen LogP contribution is -2.38. The van der Waals surface area contributed by atoms with Crippen LogP contribution in [0.2, 0.25) is 0 Å². The summed E-state index contributed by atoms with van der Waals surface area (Å²) in [5.74, 6) is 0.481. The molecular weight excluding hydrogens is 317 g/mol. The Balaban J connectivity index is 1.96. The van der Waals surface area contributed by atoms with Crippen molar-refractivity contribution in [1.29, 1.82) is 0 Å². The highest BCUT2D eigenvalue weighted by atomic mass is 19.1. The van der Waals surface area contributed by atoms with Gasteiger partial charge in [0, 0.05) is 20.7 Å². The van der Waals surface area contributed by atoms with Crippen LogP contribution in [-0.4, -0.2) is 20.1 Å². The largest absolute Gasteiger partial charge is 0.380 e. The molecule has 2 aromatic carbocycles. The standard InChI is InChI=1S/C20H26FN3O/c1-14-8-9-18(11-19(14)21)15(2)24-20(22-3)23-12-16-6-5-7-17(10-16)13-25-4/h5-11,15H,12-13H2,1-4H3,(H2,22,23,24). The maximum Gasteiger partial charge on any atom is 0.191 e. The van der Waals surface area contributed by atoms with Crippen LogP contribution in [0.5, 0.6) is 0 Å². The minimum atomic E-state index is -0.191. The third kappa shape index (κ3) is 5.57. The highest BCUT2D eigenvalue weighted by Gasteiger charge is 2.10. The number of benzene rings is 2. The average Bonchev–Trinajstić information content (AvgIpc) is 2.61. The van der Waals surface area contributed by atoms with Gasteiger partial charge < -0.3 is 15.4 Å². The van der Waals surface area contributed by atoms with E-state index in [0.717, 1.165) is 16.7 Å². The lowest BCUT2D eigenvalue weighted by Gasteiger charge is -2.19. The van der Waals surface area contributed by atoms with Crippen molar-refractivity contribution in [1.82, 2.24) is 10.6 Å². The van der Waals surface area contributed by atoms with Gasteiger partial charge >= 0.3 is 0 Å². The van der Waals surface area contributed by atoms with E-state index in [2.05, 4.69) is 27.8 Å². The molecule has 0 aromatic heterocycles. The van der Waals surface area contributed by atoms with Crippen LogP contribution >= 0.6 is 0 Å². The lowest BCUT2D eigenvalue weighted by molar-refractivity contribution is 0.185. The number of hydrogen-bond acceptors (Lipinski definition) is 2. The summed E-state index contributed by atoms with van der Waals surface area (Å²) < 4.78 is 18.9. The molecule has 2 N–H and O–H groups in total. The first-order chi connectivity index (χ1) is 12.0. The van der Waals surface area contributed by atoms with E-state index in [-0.39, 0.29) is 11.9 Å². The Kier molecular flexibility index (Phi) is 6.95. The molecule has 2 rings (SSSR count). The Hall–Kier alpha value is -2.40. The molecule has 0 spiro atoms. The number of ether oxygens (including phenoxy) is 1. The normalized spacial score (nSPS) is 12.8. The van der Waals surface area contributed by atoms with Crippen molar-refractivity contribution in [3.05, 3.63) is 70.5 Å². The lowest BCUT2D eigenvalue weighted by atomic mass is 10.1. The van der Waals surface area contributed by atoms with E-state index in [1.165, 1.54) is 0 Å². The number of rotatable bonds is 6. The summed E-state index contributed by atoms with van der Waals surface area (Å²) in [7, 11) is 3.41. The molecule has 0 saturated heterocycles. The van der Waals surface area contributed by atoms with Crippen molar-refractivity contribution in [3.8, 4) is 0 Å². The zero-order valence-electron chi connectivity index (χ0n) is 15.3. The van der Waals surface area contributed by atoms with Crippen LogP contribution in [0.1, 0.15) is 35.2 Å². The summed E-state index contributed by atoms with van der Waals surface area (Å²) in [6.07, 6.45) is 0. The zero-order chi connectivity index (χ0) is 18.2. The molecule has 25 heavy (non-hydrogen) atoms. The van der Waals surface area contributed by atoms with E-state index >= 15 is 0 Å². The molecule has 0 radical (unpaired) electrons. The molecule has 0 aliphatic carbocycles. The zero-order valence-corrected chi connectivity index (χ0v) is 15.3. The van der Waals surface area contributed by atoms with Crippen LogP contribution < -0.4 is 10.6 Å². The van der Waals surface area contributed by atoms with Gasteiger partial charge in [-0.2, -0.15) is 0 Å². The summed E-state index contributed by atoms with van der Waals surface area (Å²) in [4.78, 5) is 4.24. The van der Waals surface area contributed by atoms with Gasteiger partial charge in [0.2, 0.25) is 0 Å². The van der Waals surface area contributed by atoms with Crippen molar-refractivity contribution in [3.63, 3.8) is 0 Å². The van der Waals surface area contributed by atoms with E-state index < -0.39 is 0 Å². The fraction of sp³-hybridized carbons (Fsp3) is 0.350. The van der Waals surface area contributed by atoms with Gasteiger partial charge in [-0.25, -0.2) is 4.39 Å². The first-order valence-corrected chi connectivity index (χ1v) is 8.33. The first kappa shape index (κ1) is 18.9. The molecule has 134 valence electrons. The molecule has 0 saturated carbocycles. The van der Waals surface area contributed by atoms with E-state index in [0.29, 0.717) is 24.7 Å². The quantitative estimate of drug-likeness (QED) is 0.621. The molecule has 1 unspecified atom stereocenters. The maximum atomic E-state index is 13.7. The van der Waals surface area contributed by atoms with Crippen LogP contribution in [0.4, 0.5) is 4.39 Å². The SMILES string of the molecule is CN=C(NCc1cccc(COC)c1)NC(C)c1ccc(C)c(F)c1. The maximum absolute atomic E-state index is 13.7. The van der Waals surface area contributed by atoms with Crippen LogP contribution in [0.3, 0.4) is 0 Å². The molecule has 0 aliphatic heterocycles. The molecule has 5 heteroatoms. The molecule has 0 fully saturated rings. The fourth-order valence-electron chi connectivity index (χ4n) is 2.54. The Morgan fingerprint density at radius 3 is 2.64 bits per heavy atom. The predicted molar refractivity (Wildman–Crippen MR) is 100 cm³/mol. The highest BCUT2D eigenvalue weighted by molar-refractivity contribution is 5.80. The second-order valence-corrected chi connectivity index (χ2v) is 6.05. The second kappa shape index (κ2) is 9.18. The van der Waals surface area contributed by atoms with Gasteiger partial charge in [0.15, 0.2) is 5.96 Å². The van der Waals surface area contributed by atoms with Crippen molar-refractivity contribution in [2.24, 2.45) is 4.99 Å². The second-order valence-electron chi connectivity index (χ2n) is 6.05. The minimum absolute atomic E-state index is 0.0545. The number of guanidine groups is 1. The number of hydrogen-bond donors (Lipinski definition) is 2. The Bertz CT molecular complexity index is 731. The number of nitrogens with one attached hydrogen (secondary N) is 2. The number of halogens is 1. The summed E-state index contributed by atoms with van der Waals surface area (Å²) in [5.41, 5.74) is 3.81. The van der Waals surface area contributed by atoms with Gasteiger partial charge in [-0.3, -0.25) is 4.99 Å². The molecule has 4 nitrogen and oxygen atoms in total. The molecule has 2 aromatic rings. The van der Waals surface area contributed by atoms with Gasteiger partial charge in [-0.05, 0) is 42.2 Å². The van der Waals surface area contributed by atoms with Crippen molar-refractivity contribution >= 4 is 5.96 Å². The molecule has 0 amide bonds. The molecule has 0 heterocycles. The monoisotopic (exact) mass is 343 g/mol. The predicted octanol–water partition coefficient (Wildman–Crippen LogP) is 3.71. The Labute approximate surface area is 149 Å². The summed E-state index contributed by atoms with van der Waals surface area (Å²) in [6, 6.07) is 13.4. The number of aryl methyl sites for hydroxylation is 1. The third-order valence-corrected chi connectivity index (χ3v) is 4.04. The van der Waals surface area contributed by atoms with E-state index in [4.69, 9.17) is 4.74 Å². The molecular formula is C20H26FN3O. The number of nitrogens with zero attached hydrogens (tertiary/aromatic N) is 1. The molecule has 0 bridgehead atoms. The third-order valence-electron chi connectivity index (χ3n) is 4.04. The van der Waals surface area contributed by atoms with Gasteiger partial charge in [0.05, 0.1) is 12.6 Å². The summed E-state index contributed by atoms with van der Waals surface area (Å²) in [5, 5.41) is 6.57. The number of methoxy groups -OCH3 is 1. The summed E-state index contributed by atoms with van der Waals surface area (Å²) >= 11 is 0. The van der Waals surface area contributed by atoms with Crippen LogP contribution in [0, 0.1) is 12.7 Å². The Morgan fingerprint density at radius 2 is 1.96 bits per heavy atom. The van der Waals surface area contributed by atoms with Crippen molar-refractivity contribution < 1.29 is 9.13 Å². The van der Waals surface area contributed by atoms with E-state index in [9.17, 15) is 4.39 Å². The van der Waals surface area contributed by atoms with E-state index in [1.807, 2.05) is 25.1 Å². The van der Waals surface area contributed by atoms with Crippen LogP contribution in [0.25, 0.3) is 0 Å².